The van der Waals surface area contributed by atoms with Crippen molar-refractivity contribution in [2.24, 2.45) is 0 Å². The molecule has 0 unspecified atom stereocenters. The van der Waals surface area contributed by atoms with Crippen LogP contribution in [0.15, 0.2) is 0 Å². The number of piperazine rings is 1. The molecule has 0 aromatic carbocycles. The zero-order valence-corrected chi connectivity index (χ0v) is 8.70. The van der Waals surface area contributed by atoms with Gasteiger partial charge in [0.25, 0.3) is 0 Å². The first-order valence-corrected chi connectivity index (χ1v) is 5.15. The van der Waals surface area contributed by atoms with E-state index in [0.717, 1.165) is 39.1 Å². The van der Waals surface area contributed by atoms with Gasteiger partial charge in [0.05, 0.1) is 6.07 Å². The first-order valence-electron chi connectivity index (χ1n) is 5.15. The lowest BCUT2D eigenvalue weighted by molar-refractivity contribution is -0.131. The SMILES string of the molecule is CCCN1CCN(C(=O)CC#N)CC1. The van der Waals surface area contributed by atoms with Crippen molar-refractivity contribution < 1.29 is 4.79 Å². The number of amides is 1. The number of nitriles is 1. The molecule has 0 spiro atoms. The molecule has 0 N–H and O–H groups in total. The first-order chi connectivity index (χ1) is 6.77. The third kappa shape index (κ3) is 3.00. The molecule has 0 saturated carbocycles. The summed E-state index contributed by atoms with van der Waals surface area (Å²) in [6.07, 6.45) is 1.18. The van der Waals surface area contributed by atoms with Crippen LogP contribution in [0.5, 0.6) is 0 Å². The lowest BCUT2D eigenvalue weighted by Crippen LogP contribution is -2.48. The fraction of sp³-hybridized carbons (Fsp3) is 0.800. The number of carbonyl (C=O) groups excluding carboxylic acids is 1. The molecule has 78 valence electrons. The number of hydrogen-bond acceptors (Lipinski definition) is 3. The summed E-state index contributed by atoms with van der Waals surface area (Å²) < 4.78 is 0. The Kier molecular flexibility index (Phi) is 4.41. The molecule has 0 aromatic heterocycles. The van der Waals surface area contributed by atoms with Crippen LogP contribution in [0, 0.1) is 11.3 Å². The minimum Gasteiger partial charge on any atom is -0.339 e. The molecule has 0 aromatic rings. The van der Waals surface area contributed by atoms with Crippen LogP contribution in [0.25, 0.3) is 0 Å². The van der Waals surface area contributed by atoms with Crippen LogP contribution in [0.2, 0.25) is 0 Å². The van der Waals surface area contributed by atoms with Gasteiger partial charge >= 0.3 is 0 Å². The van der Waals surface area contributed by atoms with Gasteiger partial charge < -0.3 is 4.90 Å². The minimum absolute atomic E-state index is 0.0216. The van der Waals surface area contributed by atoms with Crippen molar-refractivity contribution in [2.45, 2.75) is 19.8 Å². The van der Waals surface area contributed by atoms with Gasteiger partial charge in [-0.1, -0.05) is 6.92 Å². The molecular formula is C10H17N3O. The highest BCUT2D eigenvalue weighted by atomic mass is 16.2. The van der Waals surface area contributed by atoms with E-state index >= 15 is 0 Å². The molecule has 1 heterocycles. The van der Waals surface area contributed by atoms with E-state index in [-0.39, 0.29) is 12.3 Å². The van der Waals surface area contributed by atoms with Crippen molar-refractivity contribution in [1.29, 1.82) is 5.26 Å². The molecule has 1 aliphatic rings. The smallest absolute Gasteiger partial charge is 0.236 e. The molecule has 1 rings (SSSR count). The number of carbonyl (C=O) groups is 1. The minimum atomic E-state index is -0.0244. The molecule has 1 amide bonds. The van der Waals surface area contributed by atoms with Crippen LogP contribution in [0.4, 0.5) is 0 Å². The Morgan fingerprint density at radius 2 is 2.00 bits per heavy atom. The van der Waals surface area contributed by atoms with Crippen LogP contribution < -0.4 is 0 Å². The average Bonchev–Trinajstić information content (AvgIpc) is 2.20. The summed E-state index contributed by atoms with van der Waals surface area (Å²) in [6.45, 7) is 6.73. The van der Waals surface area contributed by atoms with Gasteiger partial charge in [0.1, 0.15) is 6.42 Å². The molecule has 14 heavy (non-hydrogen) atoms. The maximum absolute atomic E-state index is 11.3. The zero-order chi connectivity index (χ0) is 10.4. The second-order valence-corrected chi connectivity index (χ2v) is 3.56. The summed E-state index contributed by atoms with van der Waals surface area (Å²) >= 11 is 0. The predicted molar refractivity (Wildman–Crippen MR) is 53.5 cm³/mol. The molecule has 1 saturated heterocycles. The van der Waals surface area contributed by atoms with Crippen LogP contribution >= 0.6 is 0 Å². The van der Waals surface area contributed by atoms with E-state index in [9.17, 15) is 4.79 Å². The normalized spacial score (nSPS) is 17.9. The second kappa shape index (κ2) is 5.61. The maximum Gasteiger partial charge on any atom is 0.236 e. The second-order valence-electron chi connectivity index (χ2n) is 3.56. The standard InChI is InChI=1S/C10H17N3O/c1-2-5-12-6-8-13(9-7-12)10(14)3-4-11/h2-3,5-9H2,1H3. The fourth-order valence-electron chi connectivity index (χ4n) is 1.72. The molecule has 4 heteroatoms. The Labute approximate surface area is 85.1 Å². The highest BCUT2D eigenvalue weighted by molar-refractivity contribution is 5.78. The van der Waals surface area contributed by atoms with E-state index in [1.54, 1.807) is 4.90 Å². The van der Waals surface area contributed by atoms with Crippen molar-refractivity contribution in [3.8, 4) is 6.07 Å². The number of nitrogens with zero attached hydrogens (tertiary/aromatic N) is 3. The van der Waals surface area contributed by atoms with Crippen LogP contribution in [-0.2, 0) is 4.79 Å². The summed E-state index contributed by atoms with van der Waals surface area (Å²) in [5.74, 6) is -0.0244. The van der Waals surface area contributed by atoms with Gasteiger partial charge in [0.15, 0.2) is 0 Å². The van der Waals surface area contributed by atoms with Crippen molar-refractivity contribution in [3.05, 3.63) is 0 Å². The monoisotopic (exact) mass is 195 g/mol. The van der Waals surface area contributed by atoms with Gasteiger partial charge in [0, 0.05) is 26.2 Å². The number of hydrogen-bond donors (Lipinski definition) is 0. The Hall–Kier alpha value is -1.08. The average molecular weight is 195 g/mol. The van der Waals surface area contributed by atoms with E-state index < -0.39 is 0 Å². The van der Waals surface area contributed by atoms with Gasteiger partial charge in [-0.3, -0.25) is 9.69 Å². The quantitative estimate of drug-likeness (QED) is 0.657. The zero-order valence-electron chi connectivity index (χ0n) is 8.70. The highest BCUT2D eigenvalue weighted by Crippen LogP contribution is 2.03. The lowest BCUT2D eigenvalue weighted by atomic mass is 10.2. The molecule has 0 atom stereocenters. The molecule has 1 aliphatic heterocycles. The van der Waals surface area contributed by atoms with Crippen LogP contribution in [0.3, 0.4) is 0 Å². The Morgan fingerprint density at radius 3 is 2.50 bits per heavy atom. The van der Waals surface area contributed by atoms with Gasteiger partial charge in [0.2, 0.25) is 5.91 Å². The molecule has 1 fully saturated rings. The van der Waals surface area contributed by atoms with Crippen LogP contribution in [0.1, 0.15) is 19.8 Å². The van der Waals surface area contributed by atoms with E-state index in [1.165, 1.54) is 0 Å². The van der Waals surface area contributed by atoms with Crippen LogP contribution in [-0.4, -0.2) is 48.4 Å². The Bertz CT molecular complexity index is 226. The van der Waals surface area contributed by atoms with Gasteiger partial charge in [-0.25, -0.2) is 0 Å². The maximum atomic E-state index is 11.3. The Morgan fingerprint density at radius 1 is 1.36 bits per heavy atom. The van der Waals surface area contributed by atoms with Gasteiger partial charge in [-0.05, 0) is 13.0 Å². The largest absolute Gasteiger partial charge is 0.339 e. The van der Waals surface area contributed by atoms with E-state index in [4.69, 9.17) is 5.26 Å². The third-order valence-electron chi connectivity index (χ3n) is 2.50. The van der Waals surface area contributed by atoms with Crippen molar-refractivity contribution in [2.75, 3.05) is 32.7 Å². The summed E-state index contributed by atoms with van der Waals surface area (Å²) in [5, 5.41) is 8.40. The van der Waals surface area contributed by atoms with Gasteiger partial charge in [-0.2, -0.15) is 5.26 Å². The summed E-state index contributed by atoms with van der Waals surface area (Å²) in [4.78, 5) is 15.5. The summed E-state index contributed by atoms with van der Waals surface area (Å²) in [5.41, 5.74) is 0. The van der Waals surface area contributed by atoms with Crippen molar-refractivity contribution in [1.82, 2.24) is 9.80 Å². The van der Waals surface area contributed by atoms with E-state index in [2.05, 4.69) is 11.8 Å². The first kappa shape index (κ1) is 11.0. The Balaban J connectivity index is 2.29. The predicted octanol–water partition coefficient (Wildman–Crippen LogP) is 0.454. The highest BCUT2D eigenvalue weighted by Gasteiger charge is 2.19. The molecule has 4 nitrogen and oxygen atoms in total. The van der Waals surface area contributed by atoms with Crippen molar-refractivity contribution in [3.63, 3.8) is 0 Å². The topological polar surface area (TPSA) is 47.3 Å². The molecule has 0 bridgehead atoms. The van der Waals surface area contributed by atoms with Gasteiger partial charge in [-0.15, -0.1) is 0 Å². The molecule has 0 radical (unpaired) electrons. The molecular weight excluding hydrogens is 178 g/mol. The molecule has 0 aliphatic carbocycles. The number of rotatable bonds is 3. The lowest BCUT2D eigenvalue weighted by Gasteiger charge is -2.34. The van der Waals surface area contributed by atoms with Crippen molar-refractivity contribution >= 4 is 5.91 Å². The third-order valence-corrected chi connectivity index (χ3v) is 2.50. The van der Waals surface area contributed by atoms with E-state index in [1.807, 2.05) is 6.07 Å². The summed E-state index contributed by atoms with van der Waals surface area (Å²) in [6, 6.07) is 1.90. The van der Waals surface area contributed by atoms with E-state index in [0.29, 0.717) is 0 Å². The summed E-state index contributed by atoms with van der Waals surface area (Å²) in [7, 11) is 0. The fourth-order valence-corrected chi connectivity index (χ4v) is 1.72.